The molecule has 0 bridgehead atoms. The van der Waals surface area contributed by atoms with E-state index >= 15 is 0 Å². The number of aromatic nitrogens is 1. The molecule has 1 aromatic heterocycles. The van der Waals surface area contributed by atoms with Crippen molar-refractivity contribution in [1.82, 2.24) is 4.98 Å². The van der Waals surface area contributed by atoms with Crippen LogP contribution in [0.3, 0.4) is 0 Å². The van der Waals surface area contributed by atoms with Crippen LogP contribution in [0.5, 0.6) is 0 Å². The van der Waals surface area contributed by atoms with Crippen molar-refractivity contribution >= 4 is 11.5 Å². The zero-order valence-corrected chi connectivity index (χ0v) is 9.74. The average Bonchev–Trinajstić information content (AvgIpc) is 2.33. The van der Waals surface area contributed by atoms with Crippen LogP contribution in [-0.4, -0.2) is 11.0 Å². The van der Waals surface area contributed by atoms with E-state index in [0.29, 0.717) is 11.9 Å². The van der Waals surface area contributed by atoms with Crippen LogP contribution in [0.15, 0.2) is 18.3 Å². The summed E-state index contributed by atoms with van der Waals surface area (Å²) in [5, 5.41) is 3.55. The lowest BCUT2D eigenvalue weighted by molar-refractivity contribution is 0.349. The van der Waals surface area contributed by atoms with Crippen LogP contribution < -0.4 is 16.6 Å². The molecule has 0 aromatic carbocycles. The maximum atomic E-state index is 5.27. The summed E-state index contributed by atoms with van der Waals surface area (Å²) in [4.78, 5) is 4.19. The highest BCUT2D eigenvalue weighted by atomic mass is 15.2. The third-order valence-electron chi connectivity index (χ3n) is 3.37. The largest absolute Gasteiger partial charge is 0.381 e. The number of nitrogens with one attached hydrogen (secondary N) is 2. The van der Waals surface area contributed by atoms with Gasteiger partial charge in [0, 0.05) is 6.04 Å². The van der Waals surface area contributed by atoms with Crippen molar-refractivity contribution in [3.8, 4) is 0 Å². The van der Waals surface area contributed by atoms with Gasteiger partial charge in [-0.25, -0.2) is 10.8 Å². The second-order valence-electron chi connectivity index (χ2n) is 4.59. The van der Waals surface area contributed by atoms with E-state index in [0.717, 1.165) is 11.6 Å². The number of anilines is 2. The van der Waals surface area contributed by atoms with Gasteiger partial charge >= 0.3 is 0 Å². The Balaban J connectivity index is 1.96. The highest BCUT2D eigenvalue weighted by Gasteiger charge is 2.20. The summed E-state index contributed by atoms with van der Waals surface area (Å²) in [5.74, 6) is 6.72. The number of nitrogens with zero attached hydrogens (tertiary/aromatic N) is 1. The van der Waals surface area contributed by atoms with Gasteiger partial charge in [-0.05, 0) is 30.9 Å². The first-order valence-corrected chi connectivity index (χ1v) is 5.99. The Bertz CT molecular complexity index is 322. The van der Waals surface area contributed by atoms with Gasteiger partial charge in [-0.1, -0.05) is 19.8 Å². The Morgan fingerprint density at radius 2 is 2.12 bits per heavy atom. The summed E-state index contributed by atoms with van der Waals surface area (Å²) in [6.45, 7) is 2.32. The molecule has 1 aromatic rings. The van der Waals surface area contributed by atoms with Gasteiger partial charge in [-0.3, -0.25) is 0 Å². The van der Waals surface area contributed by atoms with Crippen molar-refractivity contribution in [2.75, 3.05) is 10.7 Å². The van der Waals surface area contributed by atoms with Gasteiger partial charge in [0.2, 0.25) is 0 Å². The molecule has 2 atom stereocenters. The molecule has 1 fully saturated rings. The van der Waals surface area contributed by atoms with Crippen LogP contribution in [0.4, 0.5) is 11.5 Å². The standard InChI is InChI=1S/C12H20N4/c1-9-4-2-3-5-11(9)15-10-6-7-12(16-13)14-8-10/h6-9,11,15H,2-5,13H2,1H3,(H,14,16). The molecular weight excluding hydrogens is 200 g/mol. The first-order chi connectivity index (χ1) is 7.79. The van der Waals surface area contributed by atoms with Crippen LogP contribution in [0.25, 0.3) is 0 Å². The van der Waals surface area contributed by atoms with E-state index in [1.54, 1.807) is 0 Å². The van der Waals surface area contributed by atoms with E-state index in [1.165, 1.54) is 25.7 Å². The molecular formula is C12H20N4. The molecule has 0 spiro atoms. The number of nitrogens with two attached hydrogens (primary N) is 1. The van der Waals surface area contributed by atoms with Gasteiger partial charge in [0.15, 0.2) is 0 Å². The third-order valence-corrected chi connectivity index (χ3v) is 3.37. The molecule has 4 N–H and O–H groups in total. The van der Waals surface area contributed by atoms with Crippen LogP contribution in [0.1, 0.15) is 32.6 Å². The third kappa shape index (κ3) is 2.64. The minimum atomic E-state index is 0.590. The number of pyridine rings is 1. The van der Waals surface area contributed by atoms with E-state index in [-0.39, 0.29) is 0 Å². The topological polar surface area (TPSA) is 63.0 Å². The maximum absolute atomic E-state index is 5.27. The van der Waals surface area contributed by atoms with Crippen molar-refractivity contribution in [2.45, 2.75) is 38.6 Å². The Labute approximate surface area is 96.6 Å². The molecule has 0 amide bonds. The zero-order valence-electron chi connectivity index (χ0n) is 9.74. The van der Waals surface area contributed by atoms with Gasteiger partial charge in [0.25, 0.3) is 0 Å². The SMILES string of the molecule is CC1CCCCC1Nc1ccc(NN)nc1. The Morgan fingerprint density at radius 3 is 2.75 bits per heavy atom. The van der Waals surface area contributed by atoms with Crippen molar-refractivity contribution < 1.29 is 0 Å². The predicted molar refractivity (Wildman–Crippen MR) is 67.1 cm³/mol. The molecule has 4 heteroatoms. The van der Waals surface area contributed by atoms with Gasteiger partial charge in [0.05, 0.1) is 11.9 Å². The molecule has 4 nitrogen and oxygen atoms in total. The average molecular weight is 220 g/mol. The summed E-state index contributed by atoms with van der Waals surface area (Å²) in [5.41, 5.74) is 3.61. The van der Waals surface area contributed by atoms with Gasteiger partial charge in [-0.15, -0.1) is 0 Å². The summed E-state index contributed by atoms with van der Waals surface area (Å²) >= 11 is 0. The summed E-state index contributed by atoms with van der Waals surface area (Å²) in [6, 6.07) is 4.49. The number of hydrogen-bond donors (Lipinski definition) is 3. The first-order valence-electron chi connectivity index (χ1n) is 5.99. The van der Waals surface area contributed by atoms with Crippen molar-refractivity contribution in [3.63, 3.8) is 0 Å². The zero-order chi connectivity index (χ0) is 11.4. The quantitative estimate of drug-likeness (QED) is 0.540. The fourth-order valence-corrected chi connectivity index (χ4v) is 2.31. The van der Waals surface area contributed by atoms with Gasteiger partial charge < -0.3 is 10.7 Å². The lowest BCUT2D eigenvalue weighted by Crippen LogP contribution is -2.30. The minimum absolute atomic E-state index is 0.590. The number of nitrogen functional groups attached to an aromatic ring is 1. The van der Waals surface area contributed by atoms with E-state index in [1.807, 2.05) is 18.3 Å². The Kier molecular flexibility index (Phi) is 3.62. The van der Waals surface area contributed by atoms with Crippen LogP contribution in [-0.2, 0) is 0 Å². The second kappa shape index (κ2) is 5.16. The normalized spacial score (nSPS) is 25.1. The van der Waals surface area contributed by atoms with E-state index < -0.39 is 0 Å². The van der Waals surface area contributed by atoms with Crippen molar-refractivity contribution in [3.05, 3.63) is 18.3 Å². The molecule has 16 heavy (non-hydrogen) atoms. The van der Waals surface area contributed by atoms with E-state index in [4.69, 9.17) is 5.84 Å². The highest BCUT2D eigenvalue weighted by molar-refractivity contribution is 5.47. The Morgan fingerprint density at radius 1 is 1.31 bits per heavy atom. The van der Waals surface area contributed by atoms with E-state index in [2.05, 4.69) is 22.7 Å². The van der Waals surface area contributed by atoms with Crippen LogP contribution in [0, 0.1) is 5.92 Å². The molecule has 0 radical (unpaired) electrons. The lowest BCUT2D eigenvalue weighted by Gasteiger charge is -2.30. The molecule has 0 saturated heterocycles. The Hall–Kier alpha value is -1.29. The summed E-state index contributed by atoms with van der Waals surface area (Å²) in [6.07, 6.45) is 7.12. The smallest absolute Gasteiger partial charge is 0.140 e. The van der Waals surface area contributed by atoms with E-state index in [9.17, 15) is 0 Å². The van der Waals surface area contributed by atoms with Crippen molar-refractivity contribution in [2.24, 2.45) is 11.8 Å². The van der Waals surface area contributed by atoms with Crippen molar-refractivity contribution in [1.29, 1.82) is 0 Å². The molecule has 1 aliphatic carbocycles. The maximum Gasteiger partial charge on any atom is 0.140 e. The molecule has 88 valence electrons. The monoisotopic (exact) mass is 220 g/mol. The summed E-state index contributed by atoms with van der Waals surface area (Å²) < 4.78 is 0. The fourth-order valence-electron chi connectivity index (χ4n) is 2.31. The molecule has 0 aliphatic heterocycles. The van der Waals surface area contributed by atoms with Gasteiger partial charge in [-0.2, -0.15) is 0 Å². The molecule has 2 unspecified atom stereocenters. The fraction of sp³-hybridized carbons (Fsp3) is 0.583. The van der Waals surface area contributed by atoms with Crippen LogP contribution >= 0.6 is 0 Å². The highest BCUT2D eigenvalue weighted by Crippen LogP contribution is 2.26. The number of hydrazine groups is 1. The van der Waals surface area contributed by atoms with Gasteiger partial charge in [0.1, 0.15) is 5.82 Å². The molecule has 1 saturated carbocycles. The predicted octanol–water partition coefficient (Wildman–Crippen LogP) is 2.36. The first kappa shape index (κ1) is 11.2. The molecule has 1 heterocycles. The number of rotatable bonds is 3. The second-order valence-corrected chi connectivity index (χ2v) is 4.59. The lowest BCUT2D eigenvalue weighted by atomic mass is 9.86. The minimum Gasteiger partial charge on any atom is -0.381 e. The van der Waals surface area contributed by atoms with Crippen LogP contribution in [0.2, 0.25) is 0 Å². The number of hydrogen-bond acceptors (Lipinski definition) is 4. The molecule has 2 rings (SSSR count). The molecule has 1 aliphatic rings. The summed E-state index contributed by atoms with van der Waals surface area (Å²) in [7, 11) is 0.